The molecule has 1 heterocycles. The van der Waals surface area contributed by atoms with Crippen molar-refractivity contribution in [2.45, 2.75) is 39.7 Å². The molecule has 1 aliphatic heterocycles. The summed E-state index contributed by atoms with van der Waals surface area (Å²) in [6.07, 6.45) is 1.65. The summed E-state index contributed by atoms with van der Waals surface area (Å²) in [6.45, 7) is 7.59. The first-order chi connectivity index (χ1) is 5.91. The minimum Gasteiger partial charge on any atom is -0.341 e. The normalized spacial score (nSPS) is 20.9. The molecule has 3 nitrogen and oxygen atoms in total. The standard InChI is InChI=1S/C10H19N2O/c1-10(2,3)8(11)7-12-6-4-5-9(12)13/h8,11H,4-7H2,1-3H3. The fourth-order valence-corrected chi connectivity index (χ4v) is 1.39. The van der Waals surface area contributed by atoms with Gasteiger partial charge in [-0.25, -0.2) is 0 Å². The van der Waals surface area contributed by atoms with E-state index in [1.807, 2.05) is 25.7 Å². The number of nitrogens with zero attached hydrogens (tertiary/aromatic N) is 1. The van der Waals surface area contributed by atoms with E-state index >= 15 is 0 Å². The average molecular weight is 183 g/mol. The molecule has 1 rings (SSSR count). The molecule has 1 saturated heterocycles. The van der Waals surface area contributed by atoms with Crippen LogP contribution in [0.3, 0.4) is 0 Å². The van der Waals surface area contributed by atoms with Crippen LogP contribution >= 0.6 is 0 Å². The zero-order valence-corrected chi connectivity index (χ0v) is 8.76. The Labute approximate surface area is 80.3 Å². The average Bonchev–Trinajstić information content (AvgIpc) is 2.34. The molecular weight excluding hydrogens is 164 g/mol. The van der Waals surface area contributed by atoms with Gasteiger partial charge in [-0.05, 0) is 11.8 Å². The van der Waals surface area contributed by atoms with E-state index in [9.17, 15) is 4.79 Å². The molecular formula is C10H19N2O. The number of rotatable bonds is 2. The smallest absolute Gasteiger partial charge is 0.222 e. The Balaban J connectivity index is 2.44. The highest BCUT2D eigenvalue weighted by atomic mass is 16.2. The van der Waals surface area contributed by atoms with Crippen LogP contribution in [-0.4, -0.2) is 29.9 Å². The summed E-state index contributed by atoms with van der Waals surface area (Å²) in [4.78, 5) is 13.1. The van der Waals surface area contributed by atoms with Gasteiger partial charge in [0.15, 0.2) is 0 Å². The summed E-state index contributed by atoms with van der Waals surface area (Å²) in [5, 5.41) is 0. The Hall–Kier alpha value is -0.570. The Morgan fingerprint density at radius 1 is 1.54 bits per heavy atom. The van der Waals surface area contributed by atoms with Crippen molar-refractivity contribution in [2.75, 3.05) is 13.1 Å². The van der Waals surface area contributed by atoms with Crippen molar-refractivity contribution in [3.63, 3.8) is 0 Å². The summed E-state index contributed by atoms with van der Waals surface area (Å²) in [6, 6.07) is -0.172. The van der Waals surface area contributed by atoms with Crippen molar-refractivity contribution in [3.05, 3.63) is 0 Å². The lowest BCUT2D eigenvalue weighted by atomic mass is 9.87. The van der Waals surface area contributed by atoms with Gasteiger partial charge in [0.05, 0.1) is 0 Å². The van der Waals surface area contributed by atoms with E-state index in [1.165, 1.54) is 0 Å². The maximum absolute atomic E-state index is 11.3. The van der Waals surface area contributed by atoms with Crippen LogP contribution in [0, 0.1) is 5.41 Å². The molecule has 1 amide bonds. The maximum Gasteiger partial charge on any atom is 0.222 e. The number of nitrogens with one attached hydrogen (secondary N) is 1. The SMILES string of the molecule is CC(C)(C)C([NH])CN1CCCC1=O. The molecule has 0 saturated carbocycles. The van der Waals surface area contributed by atoms with Crippen LogP contribution in [0.15, 0.2) is 0 Å². The van der Waals surface area contributed by atoms with Crippen LogP contribution in [0.2, 0.25) is 0 Å². The van der Waals surface area contributed by atoms with Crippen molar-refractivity contribution < 1.29 is 4.79 Å². The molecule has 75 valence electrons. The summed E-state index contributed by atoms with van der Waals surface area (Å²) in [5.41, 5.74) is 7.86. The number of amides is 1. The third kappa shape index (κ3) is 2.69. The molecule has 0 spiro atoms. The van der Waals surface area contributed by atoms with Gasteiger partial charge in [0, 0.05) is 25.6 Å². The third-order valence-electron chi connectivity index (χ3n) is 2.62. The lowest BCUT2D eigenvalue weighted by molar-refractivity contribution is -0.128. The first kappa shape index (κ1) is 10.5. The Kier molecular flexibility index (Phi) is 2.96. The molecule has 1 radical (unpaired) electrons. The minimum atomic E-state index is -0.172. The van der Waals surface area contributed by atoms with Crippen molar-refractivity contribution in [1.29, 1.82) is 0 Å². The van der Waals surface area contributed by atoms with E-state index in [0.717, 1.165) is 13.0 Å². The zero-order valence-electron chi connectivity index (χ0n) is 8.76. The Morgan fingerprint density at radius 2 is 2.15 bits per heavy atom. The van der Waals surface area contributed by atoms with Crippen molar-refractivity contribution in [1.82, 2.24) is 10.6 Å². The van der Waals surface area contributed by atoms with E-state index in [4.69, 9.17) is 5.73 Å². The van der Waals surface area contributed by atoms with Crippen LogP contribution in [0.25, 0.3) is 0 Å². The highest BCUT2D eigenvalue weighted by molar-refractivity contribution is 5.78. The van der Waals surface area contributed by atoms with Gasteiger partial charge in [0.2, 0.25) is 5.91 Å². The number of hydrogen-bond donors (Lipinski definition) is 0. The Bertz CT molecular complexity index is 196. The molecule has 1 fully saturated rings. The Morgan fingerprint density at radius 3 is 2.54 bits per heavy atom. The van der Waals surface area contributed by atoms with E-state index in [0.29, 0.717) is 13.0 Å². The highest BCUT2D eigenvalue weighted by Crippen LogP contribution is 2.21. The third-order valence-corrected chi connectivity index (χ3v) is 2.62. The molecule has 13 heavy (non-hydrogen) atoms. The molecule has 0 aromatic carbocycles. The highest BCUT2D eigenvalue weighted by Gasteiger charge is 2.28. The van der Waals surface area contributed by atoms with Crippen LogP contribution in [0.4, 0.5) is 0 Å². The molecule has 0 aliphatic carbocycles. The topological polar surface area (TPSA) is 44.1 Å². The fraction of sp³-hybridized carbons (Fsp3) is 0.900. The van der Waals surface area contributed by atoms with Crippen molar-refractivity contribution in [2.24, 2.45) is 5.41 Å². The second kappa shape index (κ2) is 3.66. The maximum atomic E-state index is 11.3. The summed E-state index contributed by atoms with van der Waals surface area (Å²) in [7, 11) is 0. The molecule has 0 aromatic rings. The van der Waals surface area contributed by atoms with Crippen LogP contribution in [0.5, 0.6) is 0 Å². The number of hydrogen-bond acceptors (Lipinski definition) is 1. The molecule has 0 aromatic heterocycles. The predicted molar refractivity (Wildman–Crippen MR) is 52.2 cm³/mol. The number of likely N-dealkylation sites (tertiary alicyclic amines) is 1. The zero-order chi connectivity index (χ0) is 10.1. The van der Waals surface area contributed by atoms with Crippen LogP contribution in [-0.2, 0) is 4.79 Å². The van der Waals surface area contributed by atoms with E-state index < -0.39 is 0 Å². The van der Waals surface area contributed by atoms with E-state index in [1.54, 1.807) is 0 Å². The quantitative estimate of drug-likeness (QED) is 0.636. The predicted octanol–water partition coefficient (Wildman–Crippen LogP) is 1.31. The minimum absolute atomic E-state index is 0.0249. The molecule has 1 atom stereocenters. The van der Waals surface area contributed by atoms with Crippen LogP contribution in [0.1, 0.15) is 33.6 Å². The van der Waals surface area contributed by atoms with Gasteiger partial charge in [0.1, 0.15) is 0 Å². The number of carbonyl (C=O) groups excluding carboxylic acids is 1. The summed E-state index contributed by atoms with van der Waals surface area (Å²) >= 11 is 0. The lowest BCUT2D eigenvalue weighted by Crippen LogP contribution is -2.41. The summed E-state index contributed by atoms with van der Waals surface area (Å²) in [5.74, 6) is 0.224. The monoisotopic (exact) mass is 183 g/mol. The molecule has 1 N–H and O–H groups in total. The van der Waals surface area contributed by atoms with Gasteiger partial charge < -0.3 is 4.90 Å². The second-order valence-corrected chi connectivity index (χ2v) is 4.86. The largest absolute Gasteiger partial charge is 0.341 e. The van der Waals surface area contributed by atoms with E-state index in [2.05, 4.69) is 0 Å². The first-order valence-corrected chi connectivity index (χ1v) is 4.90. The molecule has 3 heteroatoms. The number of carbonyl (C=O) groups is 1. The second-order valence-electron chi connectivity index (χ2n) is 4.86. The van der Waals surface area contributed by atoms with Crippen LogP contribution < -0.4 is 5.73 Å². The summed E-state index contributed by atoms with van der Waals surface area (Å²) < 4.78 is 0. The fourth-order valence-electron chi connectivity index (χ4n) is 1.39. The van der Waals surface area contributed by atoms with Crippen molar-refractivity contribution >= 4 is 5.91 Å². The van der Waals surface area contributed by atoms with Crippen molar-refractivity contribution in [3.8, 4) is 0 Å². The molecule has 1 unspecified atom stereocenters. The first-order valence-electron chi connectivity index (χ1n) is 4.90. The molecule has 0 bridgehead atoms. The van der Waals surface area contributed by atoms with Gasteiger partial charge in [0.25, 0.3) is 0 Å². The van der Waals surface area contributed by atoms with Gasteiger partial charge in [-0.1, -0.05) is 20.8 Å². The van der Waals surface area contributed by atoms with Gasteiger partial charge in [-0.2, -0.15) is 0 Å². The van der Waals surface area contributed by atoms with Gasteiger partial charge in [-0.15, -0.1) is 0 Å². The van der Waals surface area contributed by atoms with Gasteiger partial charge in [-0.3, -0.25) is 10.5 Å². The lowest BCUT2D eigenvalue weighted by Gasteiger charge is -2.29. The van der Waals surface area contributed by atoms with Gasteiger partial charge >= 0.3 is 0 Å². The van der Waals surface area contributed by atoms with E-state index in [-0.39, 0.29) is 17.4 Å². The molecule has 1 aliphatic rings.